The van der Waals surface area contributed by atoms with Crippen molar-refractivity contribution < 1.29 is 9.53 Å². The van der Waals surface area contributed by atoms with Crippen LogP contribution in [0.4, 0.5) is 4.79 Å². The number of carbonyl (C=O) groups is 1. The summed E-state index contributed by atoms with van der Waals surface area (Å²) in [6, 6.07) is 11.0. The first-order chi connectivity index (χ1) is 11.2. The topological polar surface area (TPSA) is 41.6 Å². The number of nitrogens with zero attached hydrogens (tertiary/aromatic N) is 1. The smallest absolute Gasteiger partial charge is 0.410 e. The molecule has 0 aromatic heterocycles. The fourth-order valence-corrected chi connectivity index (χ4v) is 3.18. The molecule has 1 saturated heterocycles. The van der Waals surface area contributed by atoms with Crippen molar-refractivity contribution in [2.75, 3.05) is 19.6 Å². The van der Waals surface area contributed by atoms with Gasteiger partial charge in [-0.3, -0.25) is 0 Å². The number of rotatable bonds is 5. The lowest BCUT2D eigenvalue weighted by molar-refractivity contribution is 0.0284. The molecule has 1 aliphatic heterocycles. The van der Waals surface area contributed by atoms with Gasteiger partial charge in [0.1, 0.15) is 5.60 Å². The van der Waals surface area contributed by atoms with Crippen molar-refractivity contribution in [1.29, 1.82) is 0 Å². The molecule has 4 nitrogen and oxygen atoms in total. The van der Waals surface area contributed by atoms with E-state index in [4.69, 9.17) is 4.74 Å². The SMILES string of the molecule is CC(C)NC[C@H]1CN(C(=O)OC(C)(C)C)C[C@H]1Cc1ccccc1. The maximum atomic E-state index is 12.4. The number of carbonyl (C=O) groups excluding carboxylic acids is 1. The fraction of sp³-hybridized carbons (Fsp3) is 0.650. The lowest BCUT2D eigenvalue weighted by Gasteiger charge is -2.24. The van der Waals surface area contributed by atoms with Gasteiger partial charge in [0.2, 0.25) is 0 Å². The van der Waals surface area contributed by atoms with Crippen molar-refractivity contribution >= 4 is 6.09 Å². The average Bonchev–Trinajstić information content (AvgIpc) is 2.87. The van der Waals surface area contributed by atoms with Gasteiger partial charge < -0.3 is 15.0 Å². The van der Waals surface area contributed by atoms with Crippen LogP contribution < -0.4 is 5.32 Å². The van der Waals surface area contributed by atoms with Crippen LogP contribution >= 0.6 is 0 Å². The van der Waals surface area contributed by atoms with Gasteiger partial charge >= 0.3 is 6.09 Å². The molecule has 0 unspecified atom stereocenters. The Labute approximate surface area is 146 Å². The average molecular weight is 332 g/mol. The Kier molecular flexibility index (Phi) is 6.27. The Morgan fingerprint density at radius 1 is 1.21 bits per heavy atom. The van der Waals surface area contributed by atoms with Crippen molar-refractivity contribution in [1.82, 2.24) is 10.2 Å². The third kappa shape index (κ3) is 5.82. The lowest BCUT2D eigenvalue weighted by Crippen LogP contribution is -2.36. The van der Waals surface area contributed by atoms with Crippen LogP contribution in [0.15, 0.2) is 30.3 Å². The minimum atomic E-state index is -0.444. The molecule has 1 heterocycles. The Hall–Kier alpha value is -1.55. The van der Waals surface area contributed by atoms with Gasteiger partial charge in [0.15, 0.2) is 0 Å². The van der Waals surface area contributed by atoms with E-state index in [1.54, 1.807) is 0 Å². The van der Waals surface area contributed by atoms with E-state index >= 15 is 0 Å². The van der Waals surface area contributed by atoms with Crippen molar-refractivity contribution in [2.45, 2.75) is 52.7 Å². The molecule has 1 aliphatic rings. The largest absolute Gasteiger partial charge is 0.444 e. The van der Waals surface area contributed by atoms with Gasteiger partial charge in [0.25, 0.3) is 0 Å². The molecule has 2 atom stereocenters. The highest BCUT2D eigenvalue weighted by Gasteiger charge is 2.36. The zero-order valence-corrected chi connectivity index (χ0v) is 15.7. The lowest BCUT2D eigenvalue weighted by atomic mass is 9.89. The summed E-state index contributed by atoms with van der Waals surface area (Å²) in [6.07, 6.45) is 0.817. The third-order valence-corrected chi connectivity index (χ3v) is 4.36. The molecule has 0 aliphatic carbocycles. The molecule has 134 valence electrons. The first-order valence-corrected chi connectivity index (χ1v) is 9.00. The van der Waals surface area contributed by atoms with E-state index in [1.165, 1.54) is 5.56 Å². The van der Waals surface area contributed by atoms with Gasteiger partial charge in [-0.05, 0) is 44.6 Å². The molecule has 0 spiro atoms. The minimum Gasteiger partial charge on any atom is -0.444 e. The second-order valence-electron chi connectivity index (χ2n) is 8.16. The zero-order valence-electron chi connectivity index (χ0n) is 15.7. The van der Waals surface area contributed by atoms with E-state index in [0.29, 0.717) is 17.9 Å². The predicted octanol–water partition coefficient (Wildman–Crippen LogP) is 3.71. The molecule has 1 aromatic rings. The van der Waals surface area contributed by atoms with Gasteiger partial charge in [-0.25, -0.2) is 4.79 Å². The van der Waals surface area contributed by atoms with E-state index < -0.39 is 5.60 Å². The van der Waals surface area contributed by atoms with E-state index in [2.05, 4.69) is 43.4 Å². The molecule has 1 amide bonds. The normalized spacial score (nSPS) is 21.3. The number of ether oxygens (including phenoxy) is 1. The Morgan fingerprint density at radius 2 is 1.83 bits per heavy atom. The quantitative estimate of drug-likeness (QED) is 0.894. The van der Waals surface area contributed by atoms with Gasteiger partial charge in [-0.1, -0.05) is 44.2 Å². The van der Waals surface area contributed by atoms with Crippen molar-refractivity contribution in [3.63, 3.8) is 0 Å². The first-order valence-electron chi connectivity index (χ1n) is 9.00. The van der Waals surface area contributed by atoms with Crippen molar-refractivity contribution in [3.8, 4) is 0 Å². The second kappa shape index (κ2) is 8.02. The molecule has 1 fully saturated rings. The highest BCUT2D eigenvalue weighted by Crippen LogP contribution is 2.28. The molecular weight excluding hydrogens is 300 g/mol. The summed E-state index contributed by atoms with van der Waals surface area (Å²) in [7, 11) is 0. The van der Waals surface area contributed by atoms with E-state index in [0.717, 1.165) is 26.1 Å². The summed E-state index contributed by atoms with van der Waals surface area (Å²) in [5.74, 6) is 0.922. The molecule has 0 saturated carbocycles. The maximum absolute atomic E-state index is 12.4. The highest BCUT2D eigenvalue weighted by molar-refractivity contribution is 5.68. The van der Waals surface area contributed by atoms with Crippen LogP contribution in [-0.4, -0.2) is 42.3 Å². The molecule has 2 rings (SSSR count). The summed E-state index contributed by atoms with van der Waals surface area (Å²) in [5.41, 5.74) is 0.892. The summed E-state index contributed by atoms with van der Waals surface area (Å²) < 4.78 is 5.56. The molecule has 1 aromatic carbocycles. The molecular formula is C20H32N2O2. The third-order valence-electron chi connectivity index (χ3n) is 4.36. The number of hydrogen-bond donors (Lipinski definition) is 1. The van der Waals surface area contributed by atoms with Crippen LogP contribution in [0.1, 0.15) is 40.2 Å². The highest BCUT2D eigenvalue weighted by atomic mass is 16.6. The number of hydrogen-bond acceptors (Lipinski definition) is 3. The second-order valence-corrected chi connectivity index (χ2v) is 8.16. The Bertz CT molecular complexity index is 522. The van der Waals surface area contributed by atoms with Crippen LogP contribution in [0.5, 0.6) is 0 Å². The summed E-state index contributed by atoms with van der Waals surface area (Å²) in [5, 5.41) is 3.53. The maximum Gasteiger partial charge on any atom is 0.410 e. The minimum absolute atomic E-state index is 0.187. The predicted molar refractivity (Wildman–Crippen MR) is 98.1 cm³/mol. The summed E-state index contributed by atoms with van der Waals surface area (Å²) in [4.78, 5) is 14.3. The standard InChI is InChI=1S/C20H32N2O2/c1-15(2)21-12-18-14-22(19(23)24-20(3,4)5)13-17(18)11-16-9-7-6-8-10-16/h6-10,15,17-18,21H,11-14H2,1-5H3/t17-,18+/m1/s1. The van der Waals surface area contributed by atoms with Gasteiger partial charge in [0.05, 0.1) is 0 Å². The molecule has 0 bridgehead atoms. The van der Waals surface area contributed by atoms with Gasteiger partial charge in [0, 0.05) is 25.7 Å². The number of amides is 1. The summed E-state index contributed by atoms with van der Waals surface area (Å²) >= 11 is 0. The Balaban J connectivity index is 2.03. The van der Waals surface area contributed by atoms with E-state index in [9.17, 15) is 4.79 Å². The van der Waals surface area contributed by atoms with Gasteiger partial charge in [-0.2, -0.15) is 0 Å². The van der Waals surface area contributed by atoms with Crippen LogP contribution in [0.25, 0.3) is 0 Å². The number of benzene rings is 1. The molecule has 0 radical (unpaired) electrons. The van der Waals surface area contributed by atoms with E-state index in [-0.39, 0.29) is 6.09 Å². The van der Waals surface area contributed by atoms with Crippen LogP contribution in [-0.2, 0) is 11.2 Å². The number of nitrogens with one attached hydrogen (secondary N) is 1. The first kappa shape index (κ1) is 18.8. The molecule has 4 heteroatoms. The monoisotopic (exact) mass is 332 g/mol. The van der Waals surface area contributed by atoms with Crippen LogP contribution in [0.2, 0.25) is 0 Å². The summed E-state index contributed by atoms with van der Waals surface area (Å²) in [6.45, 7) is 12.6. The number of likely N-dealkylation sites (tertiary alicyclic amines) is 1. The molecule has 1 N–H and O–H groups in total. The molecule has 24 heavy (non-hydrogen) atoms. The van der Waals surface area contributed by atoms with Crippen LogP contribution in [0.3, 0.4) is 0 Å². The van der Waals surface area contributed by atoms with Gasteiger partial charge in [-0.15, -0.1) is 0 Å². The Morgan fingerprint density at radius 3 is 2.42 bits per heavy atom. The zero-order chi connectivity index (χ0) is 17.7. The fourth-order valence-electron chi connectivity index (χ4n) is 3.18. The van der Waals surface area contributed by atoms with Crippen molar-refractivity contribution in [2.24, 2.45) is 11.8 Å². The van der Waals surface area contributed by atoms with Crippen molar-refractivity contribution in [3.05, 3.63) is 35.9 Å². The van der Waals surface area contributed by atoms with E-state index in [1.807, 2.05) is 31.7 Å². The van der Waals surface area contributed by atoms with Crippen LogP contribution in [0, 0.1) is 11.8 Å².